The van der Waals surface area contributed by atoms with Crippen molar-refractivity contribution in [2.75, 3.05) is 4.90 Å². The molecule has 9 aromatic rings. The van der Waals surface area contributed by atoms with Crippen LogP contribution in [0.4, 0.5) is 17.1 Å². The van der Waals surface area contributed by atoms with Crippen LogP contribution >= 0.6 is 0 Å². The van der Waals surface area contributed by atoms with E-state index in [-0.39, 0.29) is 0 Å². The predicted octanol–water partition coefficient (Wildman–Crippen LogP) is 12.1. The van der Waals surface area contributed by atoms with Crippen molar-refractivity contribution in [1.29, 1.82) is 0 Å². The van der Waals surface area contributed by atoms with E-state index in [0.29, 0.717) is 0 Å². The van der Waals surface area contributed by atoms with Gasteiger partial charge in [-0.2, -0.15) is 0 Å². The van der Waals surface area contributed by atoms with E-state index in [1.807, 2.05) is 0 Å². The summed E-state index contributed by atoms with van der Waals surface area (Å²) in [7, 11) is -2.63. The van der Waals surface area contributed by atoms with Gasteiger partial charge in [-0.25, -0.2) is 0 Å². The number of rotatable bonds is 8. The molecule has 1 heterocycles. The molecule has 0 saturated heterocycles. The van der Waals surface area contributed by atoms with E-state index >= 15 is 0 Å². The third-order valence-corrected chi connectivity index (χ3v) is 16.8. The summed E-state index contributed by atoms with van der Waals surface area (Å²) in [5.41, 5.74) is 15.9. The Balaban J connectivity index is 1.13. The largest absolute Gasteiger partial charge is 0.310 e. The Labute approximate surface area is 343 Å². The van der Waals surface area contributed by atoms with Crippen LogP contribution < -0.4 is 25.6 Å². The minimum Gasteiger partial charge on any atom is -0.310 e. The van der Waals surface area contributed by atoms with E-state index in [9.17, 15) is 0 Å². The van der Waals surface area contributed by atoms with Crippen molar-refractivity contribution in [1.82, 2.24) is 0 Å². The lowest BCUT2D eigenvalue weighted by molar-refractivity contribution is 1.28. The maximum absolute atomic E-state index is 2.63. The van der Waals surface area contributed by atoms with Gasteiger partial charge in [0.1, 0.15) is 0 Å². The van der Waals surface area contributed by atoms with Gasteiger partial charge in [-0.3, -0.25) is 0 Å². The van der Waals surface area contributed by atoms with Gasteiger partial charge in [-0.1, -0.05) is 205 Å². The van der Waals surface area contributed by atoms with Crippen molar-refractivity contribution >= 4 is 45.9 Å². The minimum absolute atomic E-state index is 1.11. The van der Waals surface area contributed by atoms with Gasteiger partial charge in [0, 0.05) is 16.9 Å². The molecule has 0 radical (unpaired) electrons. The minimum atomic E-state index is -2.63. The van der Waals surface area contributed by atoms with Crippen molar-refractivity contribution in [3.05, 3.63) is 236 Å². The van der Waals surface area contributed by atoms with Gasteiger partial charge in [0.05, 0.1) is 5.69 Å². The van der Waals surface area contributed by atoms with Crippen LogP contribution in [0.25, 0.3) is 44.5 Å². The molecule has 58 heavy (non-hydrogen) atoms. The van der Waals surface area contributed by atoms with Gasteiger partial charge < -0.3 is 4.90 Å². The molecule has 0 saturated carbocycles. The molecule has 0 amide bonds. The maximum Gasteiger partial charge on any atom is 0.180 e. The highest BCUT2D eigenvalue weighted by Crippen LogP contribution is 2.43. The van der Waals surface area contributed by atoms with Crippen LogP contribution in [0.5, 0.6) is 0 Å². The number of benzene rings is 9. The number of para-hydroxylation sites is 1. The smallest absolute Gasteiger partial charge is 0.180 e. The number of nitrogens with zero attached hydrogens (tertiary/aromatic N) is 1. The molecule has 0 atom stereocenters. The Kier molecular flexibility index (Phi) is 9.05. The summed E-state index contributed by atoms with van der Waals surface area (Å²) in [4.78, 5) is 2.40. The van der Waals surface area contributed by atoms with Crippen LogP contribution in [0, 0.1) is 13.8 Å². The molecule has 0 fully saturated rings. The molecule has 9 aromatic carbocycles. The molecular formula is C56H43NSi. The zero-order valence-corrected chi connectivity index (χ0v) is 33.8. The molecule has 1 aliphatic rings. The van der Waals surface area contributed by atoms with E-state index in [1.165, 1.54) is 76.4 Å². The average molecular weight is 758 g/mol. The van der Waals surface area contributed by atoms with E-state index in [4.69, 9.17) is 0 Å². The third-order valence-electron chi connectivity index (χ3n) is 11.9. The van der Waals surface area contributed by atoms with Crippen LogP contribution in [-0.4, -0.2) is 8.07 Å². The molecule has 0 aromatic heterocycles. The van der Waals surface area contributed by atoms with Gasteiger partial charge in [0.25, 0.3) is 0 Å². The topological polar surface area (TPSA) is 3.24 Å². The lowest BCUT2D eigenvalue weighted by Gasteiger charge is -2.31. The lowest BCUT2D eigenvalue weighted by Crippen LogP contribution is -2.72. The first-order valence-electron chi connectivity index (χ1n) is 20.2. The van der Waals surface area contributed by atoms with Crippen molar-refractivity contribution < 1.29 is 0 Å². The number of fused-ring (bicyclic) bond motifs is 3. The molecule has 276 valence electrons. The number of hydrogen-bond acceptors (Lipinski definition) is 1. The van der Waals surface area contributed by atoms with Gasteiger partial charge in [0.2, 0.25) is 0 Å². The first-order chi connectivity index (χ1) is 28.6. The van der Waals surface area contributed by atoms with Crippen LogP contribution in [0.15, 0.2) is 224 Å². The van der Waals surface area contributed by atoms with Crippen LogP contribution in [0.1, 0.15) is 11.1 Å². The van der Waals surface area contributed by atoms with Gasteiger partial charge in [0.15, 0.2) is 8.07 Å². The molecule has 1 aliphatic heterocycles. The van der Waals surface area contributed by atoms with Crippen LogP contribution in [0.3, 0.4) is 0 Å². The summed E-state index contributed by atoms with van der Waals surface area (Å²) in [5.74, 6) is 0. The van der Waals surface area contributed by atoms with Crippen molar-refractivity contribution in [3.63, 3.8) is 0 Å². The predicted molar refractivity (Wildman–Crippen MR) is 250 cm³/mol. The molecular weight excluding hydrogens is 715 g/mol. The van der Waals surface area contributed by atoms with Crippen LogP contribution in [-0.2, 0) is 0 Å². The molecule has 0 spiro atoms. The Morgan fingerprint density at radius 3 is 1.34 bits per heavy atom. The molecule has 0 N–H and O–H groups in total. The molecule has 1 nitrogen and oxygen atoms in total. The highest BCUT2D eigenvalue weighted by molar-refractivity contribution is 7.22. The standard InChI is InChI=1S/C56H43NSi/c1-40-24-36-48(37-25-40)58(49-38-26-41(2)27-39-49)54-22-12-10-19-52(54)56-51(20-13-23-55(56)58)45-30-34-47(35-31-45)57(46-32-28-43(29-33-46)42-14-5-3-6-15-42)53-21-11-9-18-50(53)44-16-7-4-8-17-44/h3-39H,1-2H3. The average Bonchev–Trinajstić information content (AvgIpc) is 3.59. The zero-order valence-electron chi connectivity index (χ0n) is 32.8. The monoisotopic (exact) mass is 757 g/mol. The van der Waals surface area contributed by atoms with E-state index in [0.717, 1.165) is 17.1 Å². The second kappa shape index (κ2) is 14.8. The molecule has 10 rings (SSSR count). The maximum atomic E-state index is 2.42. The molecule has 0 bridgehead atoms. The van der Waals surface area contributed by atoms with Crippen molar-refractivity contribution in [2.24, 2.45) is 0 Å². The fourth-order valence-electron chi connectivity index (χ4n) is 9.15. The summed E-state index contributed by atoms with van der Waals surface area (Å²) in [6, 6.07) is 83.2. The second-order valence-electron chi connectivity index (χ2n) is 15.4. The first kappa shape index (κ1) is 35.4. The fourth-order valence-corrected chi connectivity index (χ4v) is 14.3. The number of anilines is 3. The highest BCUT2D eigenvalue weighted by atomic mass is 28.3. The molecule has 0 unspecified atom stereocenters. The first-order valence-corrected chi connectivity index (χ1v) is 22.2. The fraction of sp³-hybridized carbons (Fsp3) is 0.0357. The summed E-state index contributed by atoms with van der Waals surface area (Å²) >= 11 is 0. The van der Waals surface area contributed by atoms with Crippen LogP contribution in [0.2, 0.25) is 0 Å². The Bertz CT molecular complexity index is 2820. The van der Waals surface area contributed by atoms with Gasteiger partial charge in [-0.15, -0.1) is 0 Å². The summed E-state index contributed by atoms with van der Waals surface area (Å²) < 4.78 is 0. The van der Waals surface area contributed by atoms with E-state index in [1.54, 1.807) is 0 Å². The molecule has 0 aliphatic carbocycles. The quantitative estimate of drug-likeness (QED) is 0.140. The highest BCUT2D eigenvalue weighted by Gasteiger charge is 2.49. The number of aryl methyl sites for hydroxylation is 2. The summed E-state index contributed by atoms with van der Waals surface area (Å²) in [6.45, 7) is 4.37. The third kappa shape index (κ3) is 6.01. The SMILES string of the molecule is Cc1ccc([Si]2(c3ccc(C)cc3)c3ccccc3-c3c(-c4ccc(N(c5ccc(-c6ccccc6)cc5)c5ccccc5-c5ccccc5)cc4)cccc32)cc1. The normalized spacial score (nSPS) is 12.4. The van der Waals surface area contributed by atoms with Gasteiger partial charge in [-0.05, 0) is 104 Å². The number of hydrogen-bond donors (Lipinski definition) is 0. The van der Waals surface area contributed by atoms with Gasteiger partial charge >= 0.3 is 0 Å². The Morgan fingerprint density at radius 2 is 0.741 bits per heavy atom. The summed E-state index contributed by atoms with van der Waals surface area (Å²) in [6.07, 6.45) is 0. The van der Waals surface area contributed by atoms with E-state index in [2.05, 4.69) is 243 Å². The lowest BCUT2D eigenvalue weighted by atomic mass is 9.94. The Hall–Kier alpha value is -7.00. The van der Waals surface area contributed by atoms with Crippen molar-refractivity contribution in [2.45, 2.75) is 13.8 Å². The van der Waals surface area contributed by atoms with E-state index < -0.39 is 8.07 Å². The molecule has 2 heteroatoms. The Morgan fingerprint density at radius 1 is 0.310 bits per heavy atom. The van der Waals surface area contributed by atoms with Crippen molar-refractivity contribution in [3.8, 4) is 44.5 Å². The summed E-state index contributed by atoms with van der Waals surface area (Å²) in [5, 5.41) is 5.77. The second-order valence-corrected chi connectivity index (χ2v) is 19.2. The zero-order chi connectivity index (χ0) is 39.1.